The number of benzene rings is 3. The van der Waals surface area contributed by atoms with Crippen molar-refractivity contribution in [3.8, 4) is 0 Å². The molecule has 2 unspecified atom stereocenters. The molecule has 4 aromatic rings. The summed E-state index contributed by atoms with van der Waals surface area (Å²) in [5, 5.41) is 16.4. The van der Waals surface area contributed by atoms with Crippen molar-refractivity contribution in [2.45, 2.75) is 19.2 Å². The molecule has 0 aliphatic rings. The zero-order valence-corrected chi connectivity index (χ0v) is 13.6. The van der Waals surface area contributed by atoms with Crippen molar-refractivity contribution in [3.05, 3.63) is 78.9 Å². The molecule has 3 aromatic carbocycles. The Bertz CT molecular complexity index is 920. The van der Waals surface area contributed by atoms with Crippen molar-refractivity contribution in [1.82, 2.24) is 4.57 Å². The summed E-state index contributed by atoms with van der Waals surface area (Å²) in [4.78, 5) is 0. The van der Waals surface area contributed by atoms with Crippen molar-refractivity contribution in [3.63, 3.8) is 0 Å². The summed E-state index contributed by atoms with van der Waals surface area (Å²) in [6.07, 6.45) is -0.804. The summed E-state index contributed by atoms with van der Waals surface area (Å²) in [6, 6.07) is 26.7. The van der Waals surface area contributed by atoms with Crippen LogP contribution in [0.3, 0.4) is 0 Å². The fraction of sp³-hybridized carbons (Fsp3) is 0.143. The molecule has 0 aliphatic heterocycles. The van der Waals surface area contributed by atoms with Crippen LogP contribution in [-0.2, 0) is 0 Å². The normalized spacial score (nSPS) is 13.9. The maximum absolute atomic E-state index is 10.5. The summed E-state index contributed by atoms with van der Waals surface area (Å²) in [5.74, 6) is 0. The number of para-hydroxylation sites is 3. The summed E-state index contributed by atoms with van der Waals surface area (Å²) < 4.78 is 2.20. The number of hydrogen-bond acceptors (Lipinski definition) is 2. The van der Waals surface area contributed by atoms with Crippen molar-refractivity contribution >= 4 is 27.5 Å². The van der Waals surface area contributed by atoms with E-state index < -0.39 is 6.10 Å². The van der Waals surface area contributed by atoms with E-state index in [0.29, 0.717) is 0 Å². The first-order valence-electron chi connectivity index (χ1n) is 8.23. The second-order valence-electron chi connectivity index (χ2n) is 6.10. The zero-order chi connectivity index (χ0) is 16.5. The minimum absolute atomic E-state index is 0.253. The predicted octanol–water partition coefficient (Wildman–Crippen LogP) is 4.79. The maximum Gasteiger partial charge on any atom is 0.130 e. The van der Waals surface area contributed by atoms with Crippen molar-refractivity contribution in [2.24, 2.45) is 0 Å². The number of nitrogens with zero attached hydrogens (tertiary/aromatic N) is 1. The average molecular weight is 316 g/mol. The van der Waals surface area contributed by atoms with E-state index >= 15 is 0 Å². The van der Waals surface area contributed by atoms with Crippen LogP contribution >= 0.6 is 0 Å². The zero-order valence-electron chi connectivity index (χ0n) is 13.6. The van der Waals surface area contributed by atoms with Gasteiger partial charge in [0.25, 0.3) is 0 Å². The van der Waals surface area contributed by atoms with Crippen LogP contribution in [-0.4, -0.2) is 15.8 Å². The number of hydrogen-bond donors (Lipinski definition) is 2. The van der Waals surface area contributed by atoms with Crippen molar-refractivity contribution < 1.29 is 5.11 Å². The molecular formula is C21H20N2O. The lowest BCUT2D eigenvalue weighted by atomic mass is 10.2. The summed E-state index contributed by atoms with van der Waals surface area (Å²) in [6.45, 7) is 1.82. The lowest BCUT2D eigenvalue weighted by Gasteiger charge is -2.26. The molecular weight excluding hydrogens is 296 g/mol. The van der Waals surface area contributed by atoms with Gasteiger partial charge < -0.3 is 15.0 Å². The molecule has 1 heterocycles. The number of fused-ring (bicyclic) bond motifs is 3. The third-order valence-corrected chi connectivity index (χ3v) is 4.44. The highest BCUT2D eigenvalue weighted by Crippen LogP contribution is 2.33. The monoisotopic (exact) mass is 316 g/mol. The Morgan fingerprint density at radius 3 is 1.79 bits per heavy atom. The van der Waals surface area contributed by atoms with Crippen LogP contribution in [0.4, 0.5) is 5.69 Å². The van der Waals surface area contributed by atoms with Crippen molar-refractivity contribution in [1.29, 1.82) is 0 Å². The second kappa shape index (κ2) is 6.02. The standard InChI is InChI=1S/C21H20N2O/c1-15(24)21(22-16-9-3-2-4-10-16)23-19-13-7-5-11-17(19)18-12-6-8-14-20(18)23/h2-15,21-22,24H,1H3. The van der Waals surface area contributed by atoms with Crippen LogP contribution in [0, 0.1) is 0 Å². The summed E-state index contributed by atoms with van der Waals surface area (Å²) >= 11 is 0. The quantitative estimate of drug-likeness (QED) is 0.568. The van der Waals surface area contributed by atoms with Gasteiger partial charge >= 0.3 is 0 Å². The van der Waals surface area contributed by atoms with Gasteiger partial charge in [-0.15, -0.1) is 0 Å². The Hall–Kier alpha value is -2.78. The van der Waals surface area contributed by atoms with E-state index in [2.05, 4.69) is 46.3 Å². The average Bonchev–Trinajstić information content (AvgIpc) is 2.95. The topological polar surface area (TPSA) is 37.2 Å². The molecule has 0 radical (unpaired) electrons. The molecule has 0 aliphatic carbocycles. The SMILES string of the molecule is CC(O)C(Nc1ccccc1)n1c2ccccc2c2ccccc21. The van der Waals surface area contributed by atoms with Gasteiger partial charge in [0.2, 0.25) is 0 Å². The van der Waals surface area contributed by atoms with Crippen LogP contribution in [0.5, 0.6) is 0 Å². The Balaban J connectivity index is 1.94. The molecule has 2 N–H and O–H groups in total. The largest absolute Gasteiger partial charge is 0.389 e. The van der Waals surface area contributed by atoms with Crippen LogP contribution < -0.4 is 5.32 Å². The van der Waals surface area contributed by atoms with Crippen molar-refractivity contribution in [2.75, 3.05) is 5.32 Å². The third kappa shape index (κ3) is 2.43. The van der Waals surface area contributed by atoms with Crippen LogP contribution in [0.2, 0.25) is 0 Å². The van der Waals surface area contributed by atoms with Gasteiger partial charge in [0.1, 0.15) is 6.17 Å². The van der Waals surface area contributed by atoms with Gasteiger partial charge in [0.05, 0.1) is 17.1 Å². The Morgan fingerprint density at radius 2 is 1.25 bits per heavy atom. The van der Waals surface area contributed by atoms with Gasteiger partial charge in [-0.25, -0.2) is 0 Å². The Labute approximate surface area is 141 Å². The highest BCUT2D eigenvalue weighted by Gasteiger charge is 2.21. The number of nitrogens with one attached hydrogen (secondary N) is 1. The van der Waals surface area contributed by atoms with E-state index in [1.165, 1.54) is 10.8 Å². The fourth-order valence-electron chi connectivity index (χ4n) is 3.36. The van der Waals surface area contributed by atoms with Gasteiger partial charge in [-0.1, -0.05) is 54.6 Å². The predicted molar refractivity (Wildman–Crippen MR) is 100 cm³/mol. The van der Waals surface area contributed by atoms with E-state index in [1.54, 1.807) is 0 Å². The first-order valence-corrected chi connectivity index (χ1v) is 8.23. The molecule has 3 nitrogen and oxygen atoms in total. The lowest BCUT2D eigenvalue weighted by molar-refractivity contribution is 0.147. The number of aromatic nitrogens is 1. The molecule has 1 aromatic heterocycles. The lowest BCUT2D eigenvalue weighted by Crippen LogP contribution is -2.28. The van der Waals surface area contributed by atoms with Crippen LogP contribution in [0.1, 0.15) is 13.1 Å². The minimum Gasteiger partial charge on any atom is -0.389 e. The van der Waals surface area contributed by atoms with E-state index in [-0.39, 0.29) is 6.17 Å². The summed E-state index contributed by atoms with van der Waals surface area (Å²) in [5.41, 5.74) is 3.23. The molecule has 0 spiro atoms. The molecule has 120 valence electrons. The van der Waals surface area contributed by atoms with E-state index in [4.69, 9.17) is 0 Å². The van der Waals surface area contributed by atoms with Crippen LogP contribution in [0.15, 0.2) is 78.9 Å². The molecule has 24 heavy (non-hydrogen) atoms. The minimum atomic E-state index is -0.551. The van der Waals surface area contributed by atoms with Gasteiger partial charge in [0, 0.05) is 16.5 Å². The Morgan fingerprint density at radius 1 is 0.750 bits per heavy atom. The number of rotatable bonds is 4. The molecule has 4 rings (SSSR count). The summed E-state index contributed by atoms with van der Waals surface area (Å²) in [7, 11) is 0. The van der Waals surface area contributed by atoms with E-state index in [1.807, 2.05) is 49.4 Å². The fourth-order valence-corrected chi connectivity index (χ4v) is 3.36. The van der Waals surface area contributed by atoms with E-state index in [0.717, 1.165) is 16.7 Å². The van der Waals surface area contributed by atoms with Gasteiger partial charge in [0.15, 0.2) is 0 Å². The Kier molecular flexibility index (Phi) is 3.71. The molecule has 0 saturated heterocycles. The number of aliphatic hydroxyl groups excluding tert-OH is 1. The third-order valence-electron chi connectivity index (χ3n) is 4.44. The first-order chi connectivity index (χ1) is 11.8. The molecule has 2 atom stereocenters. The number of anilines is 1. The maximum atomic E-state index is 10.5. The first kappa shape index (κ1) is 14.8. The van der Waals surface area contributed by atoms with Gasteiger partial charge in [-0.2, -0.15) is 0 Å². The van der Waals surface area contributed by atoms with Gasteiger partial charge in [-0.3, -0.25) is 0 Å². The molecule has 0 saturated carbocycles. The highest BCUT2D eigenvalue weighted by molar-refractivity contribution is 6.08. The highest BCUT2D eigenvalue weighted by atomic mass is 16.3. The molecule has 0 fully saturated rings. The molecule has 0 amide bonds. The van der Waals surface area contributed by atoms with Crippen LogP contribution in [0.25, 0.3) is 21.8 Å². The van der Waals surface area contributed by atoms with Gasteiger partial charge in [-0.05, 0) is 31.2 Å². The number of aliphatic hydroxyl groups is 1. The smallest absolute Gasteiger partial charge is 0.130 e. The molecule has 0 bridgehead atoms. The molecule has 3 heteroatoms. The second-order valence-corrected chi connectivity index (χ2v) is 6.10. The van der Waals surface area contributed by atoms with E-state index in [9.17, 15) is 5.11 Å².